The second-order valence-corrected chi connectivity index (χ2v) is 1.58. The number of nitrogens with two attached hydrogens (primary N) is 1. The molecule has 4 heteroatoms. The van der Waals surface area contributed by atoms with Crippen LogP contribution in [0.2, 0.25) is 0 Å². The predicted octanol–water partition coefficient (Wildman–Crippen LogP) is 0.0728. The van der Waals surface area contributed by atoms with E-state index in [2.05, 4.69) is 10.4 Å². The molecule has 0 amide bonds. The number of nitrogen functional groups attached to an aromatic ring is 1. The molecule has 1 aromatic heterocycles. The Morgan fingerprint density at radius 2 is 2.33 bits per heavy atom. The maximum atomic E-state index is 8.79. The number of nitrogens with zero attached hydrogens (tertiary/aromatic N) is 1. The van der Waals surface area contributed by atoms with Gasteiger partial charge in [0.25, 0.3) is 0 Å². The standard InChI is InChI=1S/C5H7N3O/c6-8-4-1-5(9)3-7-2-4/h1-3,8-9H,6H2. The third-order valence-corrected chi connectivity index (χ3v) is 0.890. The van der Waals surface area contributed by atoms with E-state index in [4.69, 9.17) is 10.9 Å². The summed E-state index contributed by atoms with van der Waals surface area (Å²) in [5.41, 5.74) is 2.94. The van der Waals surface area contributed by atoms with Gasteiger partial charge in [0.2, 0.25) is 0 Å². The van der Waals surface area contributed by atoms with Gasteiger partial charge in [-0.3, -0.25) is 10.8 Å². The van der Waals surface area contributed by atoms with Crippen LogP contribution in [0.4, 0.5) is 5.69 Å². The lowest BCUT2D eigenvalue weighted by Gasteiger charge is -1.96. The topological polar surface area (TPSA) is 71.2 Å². The highest BCUT2D eigenvalue weighted by Gasteiger charge is 1.88. The molecule has 4 nitrogen and oxygen atoms in total. The Labute approximate surface area is 52.3 Å². The number of aromatic nitrogens is 1. The molecule has 0 spiro atoms. The summed E-state index contributed by atoms with van der Waals surface area (Å²) in [6.07, 6.45) is 2.85. The fourth-order valence-electron chi connectivity index (χ4n) is 0.507. The van der Waals surface area contributed by atoms with Crippen molar-refractivity contribution in [2.24, 2.45) is 5.84 Å². The number of anilines is 1. The van der Waals surface area contributed by atoms with Gasteiger partial charge in [-0.1, -0.05) is 0 Å². The summed E-state index contributed by atoms with van der Waals surface area (Å²) >= 11 is 0. The molecule has 0 bridgehead atoms. The van der Waals surface area contributed by atoms with E-state index >= 15 is 0 Å². The van der Waals surface area contributed by atoms with Crippen molar-refractivity contribution in [2.45, 2.75) is 0 Å². The third kappa shape index (κ3) is 1.30. The lowest BCUT2D eigenvalue weighted by molar-refractivity contribution is 0.473. The van der Waals surface area contributed by atoms with Crippen LogP contribution in [0.3, 0.4) is 0 Å². The first-order chi connectivity index (χ1) is 4.33. The van der Waals surface area contributed by atoms with Crippen molar-refractivity contribution in [3.63, 3.8) is 0 Å². The highest BCUT2D eigenvalue weighted by Crippen LogP contribution is 2.10. The summed E-state index contributed by atoms with van der Waals surface area (Å²) in [5.74, 6) is 5.12. The zero-order valence-electron chi connectivity index (χ0n) is 4.70. The molecule has 48 valence electrons. The van der Waals surface area contributed by atoms with Gasteiger partial charge in [0, 0.05) is 6.07 Å². The van der Waals surface area contributed by atoms with E-state index in [1.165, 1.54) is 18.5 Å². The summed E-state index contributed by atoms with van der Waals surface area (Å²) < 4.78 is 0. The van der Waals surface area contributed by atoms with Crippen LogP contribution < -0.4 is 11.3 Å². The van der Waals surface area contributed by atoms with Gasteiger partial charge in [-0.05, 0) is 0 Å². The summed E-state index contributed by atoms with van der Waals surface area (Å²) in [5, 5.41) is 8.79. The maximum absolute atomic E-state index is 8.79. The number of hydrogen-bond acceptors (Lipinski definition) is 4. The number of pyridine rings is 1. The van der Waals surface area contributed by atoms with Gasteiger partial charge in [0.1, 0.15) is 5.75 Å². The Balaban J connectivity index is 2.94. The minimum absolute atomic E-state index is 0.102. The SMILES string of the molecule is NNc1cncc(O)c1. The van der Waals surface area contributed by atoms with Crippen LogP contribution in [-0.4, -0.2) is 10.1 Å². The molecule has 0 unspecified atom stereocenters. The van der Waals surface area contributed by atoms with Crippen LogP contribution in [0.15, 0.2) is 18.5 Å². The van der Waals surface area contributed by atoms with E-state index in [-0.39, 0.29) is 5.75 Å². The van der Waals surface area contributed by atoms with Gasteiger partial charge in [-0.15, -0.1) is 0 Å². The van der Waals surface area contributed by atoms with Crippen molar-refractivity contribution in [1.29, 1.82) is 0 Å². The van der Waals surface area contributed by atoms with Crippen LogP contribution >= 0.6 is 0 Å². The minimum atomic E-state index is 0.102. The molecule has 0 aliphatic carbocycles. The fourth-order valence-corrected chi connectivity index (χ4v) is 0.507. The lowest BCUT2D eigenvalue weighted by Crippen LogP contribution is -2.06. The van der Waals surface area contributed by atoms with Crippen LogP contribution in [-0.2, 0) is 0 Å². The summed E-state index contributed by atoms with van der Waals surface area (Å²) in [6, 6.07) is 1.48. The van der Waals surface area contributed by atoms with E-state index in [1.54, 1.807) is 0 Å². The van der Waals surface area contributed by atoms with Gasteiger partial charge in [-0.25, -0.2) is 0 Å². The largest absolute Gasteiger partial charge is 0.506 e. The van der Waals surface area contributed by atoms with Gasteiger partial charge in [0.05, 0.1) is 18.1 Å². The molecule has 4 N–H and O–H groups in total. The van der Waals surface area contributed by atoms with Crippen molar-refractivity contribution < 1.29 is 5.11 Å². The Kier molecular flexibility index (Phi) is 1.51. The molecule has 1 rings (SSSR count). The molecule has 0 aliphatic heterocycles. The average Bonchev–Trinajstić information content (AvgIpc) is 1.88. The van der Waals surface area contributed by atoms with Gasteiger partial charge in [-0.2, -0.15) is 0 Å². The molecular weight excluding hydrogens is 118 g/mol. The van der Waals surface area contributed by atoms with Crippen molar-refractivity contribution in [1.82, 2.24) is 4.98 Å². The lowest BCUT2D eigenvalue weighted by atomic mass is 10.4. The normalized spacial score (nSPS) is 9.00. The molecule has 9 heavy (non-hydrogen) atoms. The van der Waals surface area contributed by atoms with Crippen molar-refractivity contribution in [3.05, 3.63) is 18.5 Å². The molecule has 1 heterocycles. The molecule has 0 aliphatic rings. The first-order valence-electron chi connectivity index (χ1n) is 2.43. The highest BCUT2D eigenvalue weighted by molar-refractivity contribution is 5.43. The van der Waals surface area contributed by atoms with E-state index < -0.39 is 0 Å². The monoisotopic (exact) mass is 125 g/mol. The second-order valence-electron chi connectivity index (χ2n) is 1.58. The summed E-state index contributed by atoms with van der Waals surface area (Å²) in [4.78, 5) is 3.66. The van der Waals surface area contributed by atoms with Crippen LogP contribution in [0.1, 0.15) is 0 Å². The Bertz CT molecular complexity index is 201. The van der Waals surface area contributed by atoms with Crippen molar-refractivity contribution in [3.8, 4) is 5.75 Å². The maximum Gasteiger partial charge on any atom is 0.135 e. The Morgan fingerprint density at radius 1 is 1.56 bits per heavy atom. The Morgan fingerprint density at radius 3 is 2.78 bits per heavy atom. The van der Waals surface area contributed by atoms with Crippen molar-refractivity contribution in [2.75, 3.05) is 5.43 Å². The molecule has 0 saturated carbocycles. The summed E-state index contributed by atoms with van der Waals surface area (Å²) in [6.45, 7) is 0. The molecule has 0 aromatic carbocycles. The number of hydrogen-bond donors (Lipinski definition) is 3. The molecule has 0 atom stereocenters. The zero-order chi connectivity index (χ0) is 6.69. The van der Waals surface area contributed by atoms with E-state index in [1.807, 2.05) is 0 Å². The fraction of sp³-hybridized carbons (Fsp3) is 0. The third-order valence-electron chi connectivity index (χ3n) is 0.890. The first-order valence-corrected chi connectivity index (χ1v) is 2.43. The second kappa shape index (κ2) is 2.32. The quantitative estimate of drug-likeness (QED) is 0.367. The molecule has 0 fully saturated rings. The van der Waals surface area contributed by atoms with Crippen LogP contribution in [0, 0.1) is 0 Å². The smallest absolute Gasteiger partial charge is 0.135 e. The molecule has 0 radical (unpaired) electrons. The van der Waals surface area contributed by atoms with Gasteiger partial charge < -0.3 is 10.5 Å². The predicted molar refractivity (Wildman–Crippen MR) is 33.7 cm³/mol. The highest BCUT2D eigenvalue weighted by atomic mass is 16.3. The molecule has 0 saturated heterocycles. The molecular formula is C5H7N3O. The van der Waals surface area contributed by atoms with Gasteiger partial charge in [0.15, 0.2) is 0 Å². The van der Waals surface area contributed by atoms with Crippen molar-refractivity contribution >= 4 is 5.69 Å². The number of rotatable bonds is 1. The number of hydrazine groups is 1. The first kappa shape index (κ1) is 5.84. The number of nitrogens with one attached hydrogen (secondary N) is 1. The zero-order valence-corrected chi connectivity index (χ0v) is 4.70. The van der Waals surface area contributed by atoms with E-state index in [0.29, 0.717) is 5.69 Å². The average molecular weight is 125 g/mol. The number of aromatic hydroxyl groups is 1. The minimum Gasteiger partial charge on any atom is -0.506 e. The van der Waals surface area contributed by atoms with Crippen LogP contribution in [0.25, 0.3) is 0 Å². The Hall–Kier alpha value is -1.29. The summed E-state index contributed by atoms with van der Waals surface area (Å²) in [7, 11) is 0. The van der Waals surface area contributed by atoms with E-state index in [0.717, 1.165) is 0 Å². The van der Waals surface area contributed by atoms with E-state index in [9.17, 15) is 0 Å². The van der Waals surface area contributed by atoms with Gasteiger partial charge >= 0.3 is 0 Å². The molecule has 1 aromatic rings. The van der Waals surface area contributed by atoms with Crippen LogP contribution in [0.5, 0.6) is 5.75 Å².